The average molecular weight is 217 g/mol. The van der Waals surface area contributed by atoms with Crippen LogP contribution < -0.4 is 10.1 Å². The number of carbonyl (C=O) groups is 1. The molecule has 16 heavy (non-hydrogen) atoms. The van der Waals surface area contributed by atoms with E-state index in [1.807, 2.05) is 24.3 Å². The summed E-state index contributed by atoms with van der Waals surface area (Å²) >= 11 is 0. The highest BCUT2D eigenvalue weighted by Crippen LogP contribution is 2.33. The molecule has 1 atom stereocenters. The number of hydrogen-bond donors (Lipinski definition) is 1. The summed E-state index contributed by atoms with van der Waals surface area (Å²) in [6.07, 6.45) is 2.42. The van der Waals surface area contributed by atoms with Crippen LogP contribution in [-0.4, -0.2) is 19.1 Å². The number of fused-ring (bicyclic) bond motifs is 1. The molecule has 0 fully saturated rings. The molecule has 0 saturated carbocycles. The second kappa shape index (κ2) is 4.84. The SMILES string of the molecule is C=CCNC(=O)C1CCOc2ccccc21. The van der Waals surface area contributed by atoms with Gasteiger partial charge in [-0.15, -0.1) is 6.58 Å². The van der Waals surface area contributed by atoms with E-state index in [0.717, 1.165) is 17.7 Å². The Bertz CT molecular complexity index is 401. The highest BCUT2D eigenvalue weighted by molar-refractivity contribution is 5.84. The normalized spacial score (nSPS) is 18.1. The van der Waals surface area contributed by atoms with Crippen LogP contribution in [0.15, 0.2) is 36.9 Å². The monoisotopic (exact) mass is 217 g/mol. The van der Waals surface area contributed by atoms with Gasteiger partial charge in [-0.3, -0.25) is 4.79 Å². The molecular weight excluding hydrogens is 202 g/mol. The number of para-hydroxylation sites is 1. The maximum atomic E-state index is 11.9. The van der Waals surface area contributed by atoms with Crippen molar-refractivity contribution in [2.45, 2.75) is 12.3 Å². The molecule has 1 unspecified atom stereocenters. The van der Waals surface area contributed by atoms with Crippen molar-refractivity contribution in [1.82, 2.24) is 5.32 Å². The lowest BCUT2D eigenvalue weighted by Gasteiger charge is -2.24. The Hall–Kier alpha value is -1.77. The van der Waals surface area contributed by atoms with Gasteiger partial charge in [-0.1, -0.05) is 24.3 Å². The molecule has 0 aliphatic carbocycles. The fourth-order valence-electron chi connectivity index (χ4n) is 1.91. The molecule has 1 heterocycles. The zero-order valence-electron chi connectivity index (χ0n) is 9.11. The van der Waals surface area contributed by atoms with Crippen LogP contribution in [-0.2, 0) is 4.79 Å². The quantitative estimate of drug-likeness (QED) is 0.785. The number of rotatable bonds is 3. The van der Waals surface area contributed by atoms with E-state index in [4.69, 9.17) is 4.74 Å². The second-order valence-electron chi connectivity index (χ2n) is 3.76. The molecule has 0 radical (unpaired) electrons. The number of carbonyl (C=O) groups excluding carboxylic acids is 1. The van der Waals surface area contributed by atoms with Gasteiger partial charge in [-0.05, 0) is 12.5 Å². The van der Waals surface area contributed by atoms with Crippen molar-refractivity contribution in [2.75, 3.05) is 13.2 Å². The summed E-state index contributed by atoms with van der Waals surface area (Å²) in [6, 6.07) is 7.71. The highest BCUT2D eigenvalue weighted by Gasteiger charge is 2.26. The fourth-order valence-corrected chi connectivity index (χ4v) is 1.91. The summed E-state index contributed by atoms with van der Waals surface area (Å²) < 4.78 is 5.51. The molecule has 3 heteroatoms. The van der Waals surface area contributed by atoms with Gasteiger partial charge >= 0.3 is 0 Å². The lowest BCUT2D eigenvalue weighted by atomic mass is 9.92. The highest BCUT2D eigenvalue weighted by atomic mass is 16.5. The van der Waals surface area contributed by atoms with Gasteiger partial charge in [0.2, 0.25) is 5.91 Å². The lowest BCUT2D eigenvalue weighted by molar-refractivity contribution is -0.123. The maximum absolute atomic E-state index is 11.9. The molecular formula is C13H15NO2. The molecule has 1 N–H and O–H groups in total. The van der Waals surface area contributed by atoms with E-state index in [1.165, 1.54) is 0 Å². The van der Waals surface area contributed by atoms with Gasteiger partial charge in [0.15, 0.2) is 0 Å². The molecule has 1 aromatic rings. The third-order valence-electron chi connectivity index (χ3n) is 2.70. The molecule has 1 aliphatic rings. The Morgan fingerprint density at radius 2 is 2.38 bits per heavy atom. The first-order valence-corrected chi connectivity index (χ1v) is 5.43. The predicted octanol–water partition coefficient (Wildman–Crippen LogP) is 1.85. The smallest absolute Gasteiger partial charge is 0.228 e. The Kier molecular flexibility index (Phi) is 3.25. The second-order valence-corrected chi connectivity index (χ2v) is 3.76. The minimum absolute atomic E-state index is 0.0515. The summed E-state index contributed by atoms with van der Waals surface area (Å²) in [6.45, 7) is 4.70. The van der Waals surface area contributed by atoms with E-state index < -0.39 is 0 Å². The minimum atomic E-state index is -0.0927. The van der Waals surface area contributed by atoms with Gasteiger partial charge in [-0.25, -0.2) is 0 Å². The largest absolute Gasteiger partial charge is 0.493 e. The fraction of sp³-hybridized carbons (Fsp3) is 0.308. The standard InChI is InChI=1S/C13H15NO2/c1-2-8-14-13(15)11-7-9-16-12-6-4-3-5-10(11)12/h2-6,11H,1,7-9H2,(H,14,15). The summed E-state index contributed by atoms with van der Waals surface area (Å²) in [4.78, 5) is 11.9. The molecule has 0 saturated heterocycles. The van der Waals surface area contributed by atoms with Crippen LogP contribution in [0.4, 0.5) is 0 Å². The third kappa shape index (κ3) is 2.08. The molecule has 1 aliphatic heterocycles. The summed E-state index contributed by atoms with van der Waals surface area (Å²) in [5, 5.41) is 2.83. The van der Waals surface area contributed by atoms with Crippen molar-refractivity contribution in [3.8, 4) is 5.75 Å². The number of ether oxygens (including phenoxy) is 1. The lowest BCUT2D eigenvalue weighted by Crippen LogP contribution is -2.32. The first kappa shape index (κ1) is 10.7. The topological polar surface area (TPSA) is 38.3 Å². The zero-order valence-corrected chi connectivity index (χ0v) is 9.11. The summed E-state index contributed by atoms with van der Waals surface area (Å²) in [5.74, 6) is 0.785. The molecule has 84 valence electrons. The van der Waals surface area contributed by atoms with Gasteiger partial charge in [-0.2, -0.15) is 0 Å². The molecule has 1 amide bonds. The Balaban J connectivity index is 2.18. The third-order valence-corrected chi connectivity index (χ3v) is 2.70. The number of amides is 1. The summed E-state index contributed by atoms with van der Waals surface area (Å²) in [7, 11) is 0. The first-order valence-electron chi connectivity index (χ1n) is 5.43. The van der Waals surface area contributed by atoms with Gasteiger partial charge in [0, 0.05) is 12.1 Å². The van der Waals surface area contributed by atoms with E-state index in [2.05, 4.69) is 11.9 Å². The van der Waals surface area contributed by atoms with Gasteiger partial charge in [0.1, 0.15) is 5.75 Å². The zero-order chi connectivity index (χ0) is 11.4. The van der Waals surface area contributed by atoms with Crippen molar-refractivity contribution in [2.24, 2.45) is 0 Å². The Labute approximate surface area is 95.1 Å². The van der Waals surface area contributed by atoms with Crippen molar-refractivity contribution in [1.29, 1.82) is 0 Å². The number of hydrogen-bond acceptors (Lipinski definition) is 2. The van der Waals surface area contributed by atoms with Crippen molar-refractivity contribution in [3.05, 3.63) is 42.5 Å². The van der Waals surface area contributed by atoms with Gasteiger partial charge in [0.05, 0.1) is 12.5 Å². The predicted molar refractivity (Wildman–Crippen MR) is 62.5 cm³/mol. The first-order chi connectivity index (χ1) is 7.83. The molecule has 0 spiro atoms. The average Bonchev–Trinajstić information content (AvgIpc) is 2.35. The van der Waals surface area contributed by atoms with E-state index in [1.54, 1.807) is 6.08 Å². The Morgan fingerprint density at radius 1 is 1.56 bits per heavy atom. The molecule has 2 rings (SSSR count). The molecule has 1 aromatic carbocycles. The Morgan fingerprint density at radius 3 is 3.19 bits per heavy atom. The molecule has 3 nitrogen and oxygen atoms in total. The molecule has 0 bridgehead atoms. The van der Waals surface area contributed by atoms with Crippen LogP contribution in [0.2, 0.25) is 0 Å². The van der Waals surface area contributed by atoms with E-state index in [-0.39, 0.29) is 11.8 Å². The van der Waals surface area contributed by atoms with Crippen molar-refractivity contribution >= 4 is 5.91 Å². The van der Waals surface area contributed by atoms with E-state index >= 15 is 0 Å². The van der Waals surface area contributed by atoms with Gasteiger partial charge < -0.3 is 10.1 Å². The summed E-state index contributed by atoms with van der Waals surface area (Å²) in [5.41, 5.74) is 0.982. The van der Waals surface area contributed by atoms with Crippen LogP contribution >= 0.6 is 0 Å². The van der Waals surface area contributed by atoms with Crippen LogP contribution in [0.5, 0.6) is 5.75 Å². The van der Waals surface area contributed by atoms with Crippen LogP contribution in [0.25, 0.3) is 0 Å². The minimum Gasteiger partial charge on any atom is -0.493 e. The van der Waals surface area contributed by atoms with Crippen molar-refractivity contribution in [3.63, 3.8) is 0 Å². The van der Waals surface area contributed by atoms with Crippen LogP contribution in [0.3, 0.4) is 0 Å². The van der Waals surface area contributed by atoms with E-state index in [9.17, 15) is 4.79 Å². The van der Waals surface area contributed by atoms with Crippen LogP contribution in [0, 0.1) is 0 Å². The van der Waals surface area contributed by atoms with E-state index in [0.29, 0.717) is 13.2 Å². The number of benzene rings is 1. The van der Waals surface area contributed by atoms with Gasteiger partial charge in [0.25, 0.3) is 0 Å². The molecule has 0 aromatic heterocycles. The van der Waals surface area contributed by atoms with Crippen molar-refractivity contribution < 1.29 is 9.53 Å². The van der Waals surface area contributed by atoms with Crippen LogP contribution in [0.1, 0.15) is 17.9 Å². The maximum Gasteiger partial charge on any atom is 0.228 e. The number of nitrogens with one attached hydrogen (secondary N) is 1.